The number of ether oxygens (including phenoxy) is 1. The van der Waals surface area contributed by atoms with Crippen LogP contribution in [0.1, 0.15) is 0 Å². The standard InChI is InChI=1S/C7H8O3S.Ag/c1-10-6-4-2-3-5-7(6)11(8)9;/h2-5H,1H3,(H,8,9);. The smallest absolute Gasteiger partial charge is 0.190 e. The van der Waals surface area contributed by atoms with E-state index in [0.717, 1.165) is 0 Å². The third-order valence-electron chi connectivity index (χ3n) is 1.26. The van der Waals surface area contributed by atoms with E-state index in [1.54, 1.807) is 24.3 Å². The van der Waals surface area contributed by atoms with Gasteiger partial charge in [0.15, 0.2) is 11.1 Å². The van der Waals surface area contributed by atoms with Crippen molar-refractivity contribution in [1.82, 2.24) is 0 Å². The molecular weight excluding hydrogens is 272 g/mol. The average Bonchev–Trinajstić information content (AvgIpc) is 2.04. The van der Waals surface area contributed by atoms with Crippen LogP contribution < -0.4 is 4.74 Å². The summed E-state index contributed by atoms with van der Waals surface area (Å²) in [6.45, 7) is 0. The van der Waals surface area contributed by atoms with Gasteiger partial charge in [0, 0.05) is 22.4 Å². The minimum Gasteiger partial charge on any atom is -0.495 e. The van der Waals surface area contributed by atoms with Gasteiger partial charge in [-0.3, -0.25) is 0 Å². The summed E-state index contributed by atoms with van der Waals surface area (Å²) in [5.74, 6) is 0.438. The molecule has 1 aromatic carbocycles. The molecule has 0 aromatic heterocycles. The van der Waals surface area contributed by atoms with Gasteiger partial charge in [-0.2, -0.15) is 0 Å². The van der Waals surface area contributed by atoms with Gasteiger partial charge in [0.2, 0.25) is 0 Å². The predicted molar refractivity (Wildman–Crippen MR) is 42.0 cm³/mol. The van der Waals surface area contributed by atoms with Crippen LogP contribution in [-0.4, -0.2) is 15.9 Å². The topological polar surface area (TPSA) is 46.5 Å². The van der Waals surface area contributed by atoms with E-state index in [9.17, 15) is 4.21 Å². The molecule has 5 heteroatoms. The van der Waals surface area contributed by atoms with E-state index in [4.69, 9.17) is 9.29 Å². The van der Waals surface area contributed by atoms with Crippen molar-refractivity contribution in [3.05, 3.63) is 24.3 Å². The molecule has 1 N–H and O–H groups in total. The maximum Gasteiger partial charge on any atom is 0.190 e. The van der Waals surface area contributed by atoms with Crippen LogP contribution in [-0.2, 0) is 33.5 Å². The molecule has 1 atom stereocenters. The van der Waals surface area contributed by atoms with Gasteiger partial charge >= 0.3 is 0 Å². The number of benzene rings is 1. The Morgan fingerprint density at radius 1 is 1.42 bits per heavy atom. The number of hydrogen-bond acceptors (Lipinski definition) is 2. The first-order chi connectivity index (χ1) is 5.25. The molecule has 0 heterocycles. The van der Waals surface area contributed by atoms with Gasteiger partial charge in [0.25, 0.3) is 0 Å². The molecule has 0 saturated heterocycles. The van der Waals surface area contributed by atoms with Crippen LogP contribution in [0.4, 0.5) is 0 Å². The molecule has 71 valence electrons. The van der Waals surface area contributed by atoms with E-state index in [1.807, 2.05) is 0 Å². The van der Waals surface area contributed by atoms with Crippen LogP contribution in [0.15, 0.2) is 29.2 Å². The summed E-state index contributed by atoms with van der Waals surface area (Å²) in [6.07, 6.45) is 0. The summed E-state index contributed by atoms with van der Waals surface area (Å²) in [4.78, 5) is 0.301. The summed E-state index contributed by atoms with van der Waals surface area (Å²) < 4.78 is 24.2. The summed E-state index contributed by atoms with van der Waals surface area (Å²) in [7, 11) is 1.46. The van der Waals surface area contributed by atoms with Gasteiger partial charge in [-0.1, -0.05) is 12.1 Å². The number of rotatable bonds is 2. The van der Waals surface area contributed by atoms with E-state index in [2.05, 4.69) is 0 Å². The summed E-state index contributed by atoms with van der Waals surface area (Å²) in [5, 5.41) is 0. The minimum absolute atomic E-state index is 0. The first-order valence-corrected chi connectivity index (χ1v) is 4.10. The normalized spacial score (nSPS) is 11.5. The van der Waals surface area contributed by atoms with Crippen LogP contribution in [0.3, 0.4) is 0 Å². The van der Waals surface area contributed by atoms with E-state index in [0.29, 0.717) is 10.6 Å². The molecule has 0 fully saturated rings. The fourth-order valence-corrected chi connectivity index (χ4v) is 1.28. The molecule has 0 aliphatic carbocycles. The van der Waals surface area contributed by atoms with Crippen molar-refractivity contribution in [2.75, 3.05) is 7.11 Å². The zero-order valence-corrected chi connectivity index (χ0v) is 8.58. The van der Waals surface area contributed by atoms with Gasteiger partial charge in [0.1, 0.15) is 10.6 Å². The van der Waals surface area contributed by atoms with Gasteiger partial charge in [-0.25, -0.2) is 4.21 Å². The van der Waals surface area contributed by atoms with E-state index >= 15 is 0 Å². The molecule has 0 bridgehead atoms. The molecule has 1 unspecified atom stereocenters. The Morgan fingerprint density at radius 2 is 2.00 bits per heavy atom. The van der Waals surface area contributed by atoms with E-state index in [1.165, 1.54) is 7.11 Å². The van der Waals surface area contributed by atoms with Crippen molar-refractivity contribution in [3.8, 4) is 5.75 Å². The van der Waals surface area contributed by atoms with Crippen LogP contribution in [0, 0.1) is 0 Å². The van der Waals surface area contributed by atoms with Crippen LogP contribution >= 0.6 is 0 Å². The zero-order valence-electron chi connectivity index (χ0n) is 6.28. The Labute approximate surface area is 88.9 Å². The Morgan fingerprint density at radius 3 is 2.42 bits per heavy atom. The maximum atomic E-state index is 10.6. The predicted octanol–water partition coefficient (Wildman–Crippen LogP) is 1.27. The van der Waals surface area contributed by atoms with Gasteiger partial charge < -0.3 is 9.29 Å². The Bertz CT molecular complexity index is 277. The van der Waals surface area contributed by atoms with Gasteiger partial charge in [-0.05, 0) is 12.1 Å². The molecule has 1 radical (unpaired) electrons. The van der Waals surface area contributed by atoms with Crippen molar-refractivity contribution in [2.45, 2.75) is 4.90 Å². The Hall–Kier alpha value is -0.130. The molecule has 3 nitrogen and oxygen atoms in total. The summed E-state index contributed by atoms with van der Waals surface area (Å²) in [6, 6.07) is 6.62. The van der Waals surface area contributed by atoms with E-state index in [-0.39, 0.29) is 22.4 Å². The molecule has 0 spiro atoms. The monoisotopic (exact) mass is 279 g/mol. The van der Waals surface area contributed by atoms with Crippen molar-refractivity contribution in [3.63, 3.8) is 0 Å². The largest absolute Gasteiger partial charge is 0.495 e. The summed E-state index contributed by atoms with van der Waals surface area (Å²) in [5.41, 5.74) is 0. The molecule has 1 aromatic rings. The van der Waals surface area contributed by atoms with Crippen molar-refractivity contribution in [1.29, 1.82) is 0 Å². The molecule has 12 heavy (non-hydrogen) atoms. The molecule has 0 aliphatic rings. The number of para-hydroxylation sites is 1. The molecule has 0 aliphatic heterocycles. The van der Waals surface area contributed by atoms with Crippen molar-refractivity contribution in [2.24, 2.45) is 0 Å². The second-order valence-electron chi connectivity index (χ2n) is 1.90. The third-order valence-corrected chi connectivity index (χ3v) is 1.97. The number of hydrogen-bond donors (Lipinski definition) is 1. The van der Waals surface area contributed by atoms with Crippen molar-refractivity contribution < 1.29 is 35.9 Å². The average molecular weight is 280 g/mol. The van der Waals surface area contributed by atoms with Crippen LogP contribution in [0.2, 0.25) is 0 Å². The first-order valence-electron chi connectivity index (χ1n) is 2.99. The third kappa shape index (κ3) is 2.73. The van der Waals surface area contributed by atoms with Gasteiger partial charge in [0.05, 0.1) is 7.11 Å². The molecular formula is C7H8AgO3S. The zero-order chi connectivity index (χ0) is 8.27. The quantitative estimate of drug-likeness (QED) is 0.655. The molecule has 0 saturated carbocycles. The fraction of sp³-hybridized carbons (Fsp3) is 0.143. The minimum atomic E-state index is -1.97. The maximum absolute atomic E-state index is 10.6. The molecule has 1 rings (SSSR count). The van der Waals surface area contributed by atoms with Gasteiger partial charge in [-0.15, -0.1) is 0 Å². The molecule has 0 amide bonds. The Balaban J connectivity index is 0.00000121. The van der Waals surface area contributed by atoms with Crippen LogP contribution in [0.25, 0.3) is 0 Å². The Kier molecular flexibility index (Phi) is 5.45. The van der Waals surface area contributed by atoms with Crippen LogP contribution in [0.5, 0.6) is 5.75 Å². The number of methoxy groups -OCH3 is 1. The second kappa shape index (κ2) is 5.50. The second-order valence-corrected chi connectivity index (χ2v) is 2.84. The first kappa shape index (κ1) is 11.9. The summed E-state index contributed by atoms with van der Waals surface area (Å²) >= 11 is -1.97. The van der Waals surface area contributed by atoms with Crippen molar-refractivity contribution >= 4 is 11.1 Å². The SMILES string of the molecule is COc1ccccc1S(=O)O.[Ag]. The fourth-order valence-electron chi connectivity index (χ4n) is 0.763. The van der Waals surface area contributed by atoms with E-state index < -0.39 is 11.1 Å².